The number of carbonyl (C=O) groups is 1. The van der Waals surface area contributed by atoms with Crippen LogP contribution in [0, 0.1) is 0 Å². The molecule has 2 N–H and O–H groups in total. The van der Waals surface area contributed by atoms with Crippen molar-refractivity contribution in [2.24, 2.45) is 0 Å². The highest BCUT2D eigenvalue weighted by Crippen LogP contribution is 2.24. The Hall–Kier alpha value is -2.41. The second kappa shape index (κ2) is 4.69. The summed E-state index contributed by atoms with van der Waals surface area (Å²) in [5, 5.41) is 9.84. The third kappa shape index (κ3) is 2.41. The van der Waals surface area contributed by atoms with Crippen molar-refractivity contribution in [3.63, 3.8) is 0 Å². The Labute approximate surface area is 111 Å². The second-order valence-corrected chi connectivity index (χ2v) is 4.65. The van der Waals surface area contributed by atoms with Gasteiger partial charge in [-0.2, -0.15) is 0 Å². The van der Waals surface area contributed by atoms with Crippen molar-refractivity contribution in [1.29, 1.82) is 0 Å². The minimum absolute atomic E-state index is 0.0337. The van der Waals surface area contributed by atoms with E-state index in [2.05, 4.69) is 19.9 Å². The van der Waals surface area contributed by atoms with Gasteiger partial charge in [-0.1, -0.05) is 12.1 Å². The van der Waals surface area contributed by atoms with Gasteiger partial charge in [0, 0.05) is 6.20 Å². The molecule has 0 unspecified atom stereocenters. The smallest absolute Gasteiger partial charge is 0.354 e. The summed E-state index contributed by atoms with van der Waals surface area (Å²) in [5.74, 6) is -1.08. The van der Waals surface area contributed by atoms with Gasteiger partial charge in [-0.25, -0.2) is 19.7 Å². The van der Waals surface area contributed by atoms with Crippen LogP contribution in [0.5, 0.6) is 0 Å². The summed E-state index contributed by atoms with van der Waals surface area (Å²) in [6.45, 7) is 0. The molecule has 0 bridgehead atoms. The van der Waals surface area contributed by atoms with Crippen LogP contribution in [0.3, 0.4) is 0 Å². The van der Waals surface area contributed by atoms with Gasteiger partial charge in [0.05, 0.1) is 11.0 Å². The molecule has 0 radical (unpaired) electrons. The van der Waals surface area contributed by atoms with Crippen LogP contribution in [0.2, 0.25) is 0 Å². The van der Waals surface area contributed by atoms with E-state index in [0.717, 1.165) is 11.0 Å². The van der Waals surface area contributed by atoms with Crippen LogP contribution in [0.15, 0.2) is 46.8 Å². The fourth-order valence-electron chi connectivity index (χ4n) is 1.57. The zero-order valence-electron chi connectivity index (χ0n) is 9.57. The van der Waals surface area contributed by atoms with Crippen LogP contribution in [0.4, 0.5) is 0 Å². The Morgan fingerprint density at radius 1 is 1.21 bits per heavy atom. The number of aromatic nitrogens is 4. The zero-order valence-corrected chi connectivity index (χ0v) is 10.4. The Morgan fingerprint density at radius 2 is 2.05 bits per heavy atom. The topological polar surface area (TPSA) is 91.8 Å². The number of para-hydroxylation sites is 2. The summed E-state index contributed by atoms with van der Waals surface area (Å²) in [6, 6.07) is 8.98. The van der Waals surface area contributed by atoms with Gasteiger partial charge in [-0.15, -0.1) is 0 Å². The Balaban J connectivity index is 1.92. The highest BCUT2D eigenvalue weighted by Gasteiger charge is 2.09. The number of rotatable bonds is 3. The lowest BCUT2D eigenvalue weighted by Gasteiger charge is -1.97. The van der Waals surface area contributed by atoms with E-state index in [4.69, 9.17) is 5.11 Å². The number of imidazole rings is 1. The number of hydrogen-bond donors (Lipinski definition) is 2. The molecule has 0 amide bonds. The monoisotopic (exact) mass is 272 g/mol. The Bertz CT molecular complexity index is 723. The first-order valence-electron chi connectivity index (χ1n) is 5.41. The number of carboxylic acids is 1. The fourth-order valence-corrected chi connectivity index (χ4v) is 2.31. The maximum atomic E-state index is 10.8. The minimum atomic E-state index is -1.08. The lowest BCUT2D eigenvalue weighted by atomic mass is 10.3. The molecule has 94 valence electrons. The lowest BCUT2D eigenvalue weighted by Crippen LogP contribution is -2.01. The molecule has 0 atom stereocenters. The van der Waals surface area contributed by atoms with E-state index in [1.165, 1.54) is 24.0 Å². The predicted molar refractivity (Wildman–Crippen MR) is 69.2 cm³/mol. The van der Waals surface area contributed by atoms with Crippen molar-refractivity contribution < 1.29 is 9.90 Å². The van der Waals surface area contributed by atoms with Gasteiger partial charge >= 0.3 is 5.97 Å². The van der Waals surface area contributed by atoms with Crippen LogP contribution < -0.4 is 0 Å². The van der Waals surface area contributed by atoms with Crippen molar-refractivity contribution in [2.75, 3.05) is 0 Å². The van der Waals surface area contributed by atoms with E-state index in [-0.39, 0.29) is 5.69 Å². The van der Waals surface area contributed by atoms with E-state index < -0.39 is 5.97 Å². The van der Waals surface area contributed by atoms with Crippen LogP contribution in [-0.4, -0.2) is 31.0 Å². The number of aromatic carboxylic acids is 1. The van der Waals surface area contributed by atoms with Gasteiger partial charge in [0.15, 0.2) is 16.0 Å². The number of H-pyrrole nitrogens is 1. The molecule has 2 aromatic heterocycles. The molecule has 0 aliphatic rings. The molecule has 19 heavy (non-hydrogen) atoms. The van der Waals surface area contributed by atoms with Crippen LogP contribution in [0.25, 0.3) is 11.0 Å². The van der Waals surface area contributed by atoms with Crippen molar-refractivity contribution >= 4 is 28.8 Å². The van der Waals surface area contributed by atoms with E-state index in [9.17, 15) is 4.79 Å². The number of carboxylic acid groups (broad SMARTS) is 1. The van der Waals surface area contributed by atoms with Crippen LogP contribution in [0.1, 0.15) is 10.5 Å². The zero-order chi connectivity index (χ0) is 13.2. The molecule has 0 aliphatic carbocycles. The number of aromatic amines is 1. The molecular weight excluding hydrogens is 264 g/mol. The summed E-state index contributed by atoms with van der Waals surface area (Å²) in [6.07, 6.45) is 1.42. The van der Waals surface area contributed by atoms with E-state index in [0.29, 0.717) is 10.3 Å². The van der Waals surface area contributed by atoms with Gasteiger partial charge in [0.2, 0.25) is 0 Å². The minimum Gasteiger partial charge on any atom is -0.477 e. The molecule has 3 rings (SSSR count). The second-order valence-electron chi connectivity index (χ2n) is 3.69. The van der Waals surface area contributed by atoms with Gasteiger partial charge in [0.1, 0.15) is 0 Å². The van der Waals surface area contributed by atoms with Gasteiger partial charge in [-0.3, -0.25) is 0 Å². The molecule has 0 spiro atoms. The average Bonchev–Trinajstić information content (AvgIpc) is 2.81. The Kier molecular flexibility index (Phi) is 2.88. The standard InChI is InChI=1S/C12H8N4O2S/c17-10(18)9-5-6-13-11(16-9)19-12-14-7-3-1-2-4-8(7)15-12/h1-6H,(H,14,15)(H,17,18). The molecular formula is C12H8N4O2S. The van der Waals surface area contributed by atoms with Crippen molar-refractivity contribution in [3.8, 4) is 0 Å². The fraction of sp³-hybridized carbons (Fsp3) is 0. The molecule has 0 saturated heterocycles. The quantitative estimate of drug-likeness (QED) is 0.710. The molecule has 0 fully saturated rings. The number of nitrogens with one attached hydrogen (secondary N) is 1. The third-order valence-electron chi connectivity index (χ3n) is 2.41. The molecule has 3 aromatic rings. The summed E-state index contributed by atoms with van der Waals surface area (Å²) in [5.41, 5.74) is 1.73. The molecule has 0 aliphatic heterocycles. The maximum absolute atomic E-state index is 10.8. The molecule has 1 aromatic carbocycles. The van der Waals surface area contributed by atoms with E-state index >= 15 is 0 Å². The predicted octanol–water partition coefficient (Wildman–Crippen LogP) is 2.20. The maximum Gasteiger partial charge on any atom is 0.354 e. The molecule has 2 heterocycles. The summed E-state index contributed by atoms with van der Waals surface area (Å²) in [4.78, 5) is 26.2. The van der Waals surface area contributed by atoms with Crippen LogP contribution in [-0.2, 0) is 0 Å². The first-order valence-corrected chi connectivity index (χ1v) is 6.23. The third-order valence-corrected chi connectivity index (χ3v) is 3.17. The summed E-state index contributed by atoms with van der Waals surface area (Å²) in [7, 11) is 0. The van der Waals surface area contributed by atoms with Crippen LogP contribution >= 0.6 is 11.8 Å². The molecule has 7 heteroatoms. The van der Waals surface area contributed by atoms with Crippen molar-refractivity contribution in [1.82, 2.24) is 19.9 Å². The first-order chi connectivity index (χ1) is 9.22. The first kappa shape index (κ1) is 11.7. The highest BCUT2D eigenvalue weighted by molar-refractivity contribution is 7.99. The largest absolute Gasteiger partial charge is 0.477 e. The number of benzene rings is 1. The van der Waals surface area contributed by atoms with Crippen molar-refractivity contribution in [3.05, 3.63) is 42.2 Å². The number of hydrogen-bond acceptors (Lipinski definition) is 5. The lowest BCUT2D eigenvalue weighted by molar-refractivity contribution is 0.0689. The normalized spacial score (nSPS) is 10.7. The number of nitrogens with zero attached hydrogens (tertiary/aromatic N) is 3. The molecule has 0 saturated carbocycles. The van der Waals surface area contributed by atoms with Crippen molar-refractivity contribution in [2.45, 2.75) is 10.3 Å². The van der Waals surface area contributed by atoms with Gasteiger partial charge < -0.3 is 10.1 Å². The molecule has 6 nitrogen and oxygen atoms in total. The van der Waals surface area contributed by atoms with E-state index in [1.807, 2.05) is 24.3 Å². The average molecular weight is 272 g/mol. The van der Waals surface area contributed by atoms with E-state index in [1.54, 1.807) is 0 Å². The SMILES string of the molecule is O=C(O)c1ccnc(Sc2nc3ccccc3[nH]2)n1. The number of fused-ring (bicyclic) bond motifs is 1. The van der Waals surface area contributed by atoms with Gasteiger partial charge in [-0.05, 0) is 30.0 Å². The highest BCUT2D eigenvalue weighted by atomic mass is 32.2. The Morgan fingerprint density at radius 3 is 2.84 bits per heavy atom. The summed E-state index contributed by atoms with van der Waals surface area (Å²) < 4.78 is 0. The van der Waals surface area contributed by atoms with Gasteiger partial charge in [0.25, 0.3) is 0 Å². The summed E-state index contributed by atoms with van der Waals surface area (Å²) >= 11 is 1.19.